The molecule has 1 aliphatic rings. The van der Waals surface area contributed by atoms with E-state index in [2.05, 4.69) is 5.32 Å². The van der Waals surface area contributed by atoms with Crippen LogP contribution in [0.3, 0.4) is 0 Å². The van der Waals surface area contributed by atoms with Gasteiger partial charge in [0.25, 0.3) is 0 Å². The lowest BCUT2D eigenvalue weighted by molar-refractivity contribution is -0.128. The van der Waals surface area contributed by atoms with Crippen LogP contribution in [0.1, 0.15) is 39.7 Å². The number of amides is 2. The monoisotopic (exact) mass is 487 g/mol. The molecule has 1 saturated heterocycles. The molecule has 1 heterocycles. The van der Waals surface area contributed by atoms with E-state index >= 15 is 0 Å². The number of rotatable bonds is 10. The van der Waals surface area contributed by atoms with E-state index in [1.807, 2.05) is 44.2 Å². The SMILES string of the molecule is CCN(CC)S(=O)(=O)c1ccc(OC(C)C)c(NC(=O)C2CC(=O)N(Cc3ccccc3)C2)c1. The molecule has 0 aliphatic carbocycles. The average Bonchev–Trinajstić information content (AvgIpc) is 3.16. The number of anilines is 1. The van der Waals surface area contributed by atoms with E-state index in [1.165, 1.54) is 16.4 Å². The molecule has 2 aromatic rings. The first kappa shape index (κ1) is 25.7. The van der Waals surface area contributed by atoms with Crippen molar-refractivity contribution in [1.82, 2.24) is 9.21 Å². The Bertz CT molecular complexity index is 1110. The van der Waals surface area contributed by atoms with Crippen molar-refractivity contribution in [2.75, 3.05) is 25.0 Å². The Morgan fingerprint density at radius 3 is 2.44 bits per heavy atom. The van der Waals surface area contributed by atoms with E-state index in [1.54, 1.807) is 24.8 Å². The van der Waals surface area contributed by atoms with Crippen molar-refractivity contribution in [3.05, 3.63) is 54.1 Å². The number of benzene rings is 2. The second kappa shape index (κ2) is 11.0. The minimum Gasteiger partial charge on any atom is -0.489 e. The first-order valence-corrected chi connectivity index (χ1v) is 13.0. The molecule has 1 N–H and O–H groups in total. The Balaban J connectivity index is 1.81. The molecule has 0 aromatic heterocycles. The highest BCUT2D eigenvalue weighted by Gasteiger charge is 2.35. The number of hydrogen-bond acceptors (Lipinski definition) is 5. The molecule has 0 bridgehead atoms. The Hall–Kier alpha value is -2.91. The van der Waals surface area contributed by atoms with Gasteiger partial charge in [-0.2, -0.15) is 4.31 Å². The third-order valence-electron chi connectivity index (χ3n) is 5.72. The molecule has 2 amide bonds. The third-order valence-corrected chi connectivity index (χ3v) is 7.76. The molecule has 0 radical (unpaired) electrons. The molecule has 8 nitrogen and oxygen atoms in total. The molecule has 1 fully saturated rings. The number of nitrogens with one attached hydrogen (secondary N) is 1. The molecule has 1 atom stereocenters. The third kappa shape index (κ3) is 5.95. The van der Waals surface area contributed by atoms with E-state index in [-0.39, 0.29) is 34.9 Å². The summed E-state index contributed by atoms with van der Waals surface area (Å²) in [5.74, 6) is -0.575. The van der Waals surface area contributed by atoms with Gasteiger partial charge in [-0.3, -0.25) is 9.59 Å². The summed E-state index contributed by atoms with van der Waals surface area (Å²) >= 11 is 0. The molecule has 184 valence electrons. The van der Waals surface area contributed by atoms with E-state index in [0.717, 1.165) is 5.56 Å². The number of ether oxygens (including phenoxy) is 1. The Kier molecular flexibility index (Phi) is 8.33. The quantitative estimate of drug-likeness (QED) is 0.553. The maximum Gasteiger partial charge on any atom is 0.243 e. The molecule has 34 heavy (non-hydrogen) atoms. The van der Waals surface area contributed by atoms with Crippen LogP contribution in [-0.4, -0.2) is 55.2 Å². The van der Waals surface area contributed by atoms with Crippen LogP contribution in [0.15, 0.2) is 53.4 Å². The average molecular weight is 488 g/mol. The van der Waals surface area contributed by atoms with Crippen LogP contribution in [0.2, 0.25) is 0 Å². The van der Waals surface area contributed by atoms with Crippen molar-refractivity contribution in [1.29, 1.82) is 0 Å². The maximum absolute atomic E-state index is 13.1. The first-order chi connectivity index (χ1) is 16.1. The summed E-state index contributed by atoms with van der Waals surface area (Å²) in [6, 6.07) is 14.1. The van der Waals surface area contributed by atoms with Gasteiger partial charge < -0.3 is 15.0 Å². The normalized spacial score (nSPS) is 16.4. The maximum atomic E-state index is 13.1. The lowest BCUT2D eigenvalue weighted by Crippen LogP contribution is -2.31. The van der Waals surface area contributed by atoms with Crippen LogP contribution in [0, 0.1) is 5.92 Å². The second-order valence-electron chi connectivity index (χ2n) is 8.56. The number of carbonyl (C=O) groups is 2. The zero-order valence-corrected chi connectivity index (χ0v) is 21.0. The van der Waals surface area contributed by atoms with Gasteiger partial charge in [0.1, 0.15) is 5.75 Å². The molecule has 0 saturated carbocycles. The second-order valence-corrected chi connectivity index (χ2v) is 10.5. The van der Waals surface area contributed by atoms with Crippen LogP contribution in [-0.2, 0) is 26.2 Å². The highest BCUT2D eigenvalue weighted by atomic mass is 32.2. The van der Waals surface area contributed by atoms with Crippen molar-refractivity contribution in [3.8, 4) is 5.75 Å². The summed E-state index contributed by atoms with van der Waals surface area (Å²) in [5.41, 5.74) is 1.28. The zero-order chi connectivity index (χ0) is 24.9. The van der Waals surface area contributed by atoms with Gasteiger partial charge in [0.2, 0.25) is 21.8 Å². The molecule has 2 aromatic carbocycles. The molecule has 3 rings (SSSR count). The Labute approximate surface area is 201 Å². The fourth-order valence-electron chi connectivity index (χ4n) is 3.98. The van der Waals surface area contributed by atoms with Gasteiger partial charge in [-0.25, -0.2) is 8.42 Å². The predicted octanol–water partition coefficient (Wildman–Crippen LogP) is 3.49. The minimum atomic E-state index is -3.71. The Morgan fingerprint density at radius 1 is 1.15 bits per heavy atom. The van der Waals surface area contributed by atoms with Gasteiger partial charge in [0, 0.05) is 32.6 Å². The van der Waals surface area contributed by atoms with Crippen molar-refractivity contribution < 1.29 is 22.7 Å². The molecular formula is C25H33N3O5S. The van der Waals surface area contributed by atoms with E-state index in [9.17, 15) is 18.0 Å². The summed E-state index contributed by atoms with van der Waals surface area (Å²) < 4.78 is 33.2. The molecule has 9 heteroatoms. The zero-order valence-electron chi connectivity index (χ0n) is 20.2. The number of nitrogens with zero attached hydrogens (tertiary/aromatic N) is 2. The number of hydrogen-bond donors (Lipinski definition) is 1. The molecule has 1 unspecified atom stereocenters. The van der Waals surface area contributed by atoms with Crippen molar-refractivity contribution in [2.24, 2.45) is 5.92 Å². The van der Waals surface area contributed by atoms with Gasteiger partial charge >= 0.3 is 0 Å². The first-order valence-electron chi connectivity index (χ1n) is 11.6. The van der Waals surface area contributed by atoms with Crippen LogP contribution < -0.4 is 10.1 Å². The van der Waals surface area contributed by atoms with E-state index in [0.29, 0.717) is 31.9 Å². The fraction of sp³-hybridized carbons (Fsp3) is 0.440. The summed E-state index contributed by atoms with van der Waals surface area (Å²) in [7, 11) is -3.71. The largest absolute Gasteiger partial charge is 0.489 e. The summed E-state index contributed by atoms with van der Waals surface area (Å²) in [6.07, 6.45) is -0.0634. The minimum absolute atomic E-state index is 0.0795. The van der Waals surface area contributed by atoms with Gasteiger partial charge in [0.15, 0.2) is 0 Å². The van der Waals surface area contributed by atoms with Crippen molar-refractivity contribution in [2.45, 2.75) is 51.7 Å². The summed E-state index contributed by atoms with van der Waals surface area (Å²) in [6.45, 7) is 8.68. The van der Waals surface area contributed by atoms with E-state index < -0.39 is 15.9 Å². The van der Waals surface area contributed by atoms with Gasteiger partial charge in [0.05, 0.1) is 22.6 Å². The summed E-state index contributed by atoms with van der Waals surface area (Å²) in [4.78, 5) is 27.4. The van der Waals surface area contributed by atoms with E-state index in [4.69, 9.17) is 4.74 Å². The Morgan fingerprint density at radius 2 is 1.82 bits per heavy atom. The van der Waals surface area contributed by atoms with Gasteiger partial charge in [-0.05, 0) is 37.6 Å². The molecule has 1 aliphatic heterocycles. The topological polar surface area (TPSA) is 96.0 Å². The van der Waals surface area contributed by atoms with Crippen LogP contribution in [0.5, 0.6) is 5.75 Å². The number of carbonyl (C=O) groups excluding carboxylic acids is 2. The summed E-state index contributed by atoms with van der Waals surface area (Å²) in [5, 5.41) is 2.82. The van der Waals surface area contributed by atoms with Crippen molar-refractivity contribution >= 4 is 27.5 Å². The highest BCUT2D eigenvalue weighted by molar-refractivity contribution is 7.89. The number of sulfonamides is 1. The predicted molar refractivity (Wildman–Crippen MR) is 131 cm³/mol. The van der Waals surface area contributed by atoms with Crippen molar-refractivity contribution in [3.63, 3.8) is 0 Å². The fourth-order valence-corrected chi connectivity index (χ4v) is 5.46. The molecular weight excluding hydrogens is 454 g/mol. The smallest absolute Gasteiger partial charge is 0.243 e. The lowest BCUT2D eigenvalue weighted by Gasteiger charge is -2.21. The number of likely N-dealkylation sites (tertiary alicyclic amines) is 1. The van der Waals surface area contributed by atoms with Gasteiger partial charge in [-0.15, -0.1) is 0 Å². The van der Waals surface area contributed by atoms with Gasteiger partial charge in [-0.1, -0.05) is 44.2 Å². The van der Waals surface area contributed by atoms with Crippen LogP contribution >= 0.6 is 0 Å². The standard InChI is InChI=1S/C25H33N3O5S/c1-5-28(6-2)34(31,32)21-12-13-23(33-18(3)4)22(15-21)26-25(30)20-14-24(29)27(17-20)16-19-10-8-7-9-11-19/h7-13,15,18,20H,5-6,14,16-17H2,1-4H3,(H,26,30). The van der Waals surface area contributed by atoms with Crippen LogP contribution in [0.4, 0.5) is 5.69 Å². The lowest BCUT2D eigenvalue weighted by atomic mass is 10.1. The van der Waals surface area contributed by atoms with Crippen LogP contribution in [0.25, 0.3) is 0 Å². The highest BCUT2D eigenvalue weighted by Crippen LogP contribution is 2.31. The molecule has 0 spiro atoms.